The molecule has 0 aliphatic heterocycles. The van der Waals surface area contributed by atoms with Gasteiger partial charge in [-0.2, -0.15) is 0 Å². The molecule has 0 aliphatic carbocycles. The number of carboxylic acid groups (broad SMARTS) is 1. The van der Waals surface area contributed by atoms with Crippen molar-refractivity contribution in [2.45, 2.75) is 11.4 Å². The van der Waals surface area contributed by atoms with Crippen LogP contribution in [0, 0.1) is 5.82 Å². The van der Waals surface area contributed by atoms with Crippen molar-refractivity contribution >= 4 is 27.6 Å². The molecule has 0 atom stereocenters. The van der Waals surface area contributed by atoms with Crippen LogP contribution in [-0.2, 0) is 16.6 Å². The van der Waals surface area contributed by atoms with Crippen LogP contribution < -0.4 is 4.72 Å². The Morgan fingerprint density at radius 2 is 2.05 bits per heavy atom. The lowest BCUT2D eigenvalue weighted by atomic mass is 10.2. The van der Waals surface area contributed by atoms with Crippen LogP contribution in [0.25, 0.3) is 0 Å². The summed E-state index contributed by atoms with van der Waals surface area (Å²) in [6.07, 6.45) is 1.25. The minimum absolute atomic E-state index is 0.0930. The molecule has 1 aromatic carbocycles. The number of benzene rings is 1. The van der Waals surface area contributed by atoms with Gasteiger partial charge in [0.05, 0.1) is 9.92 Å². The highest BCUT2D eigenvalue weighted by atomic mass is 35.5. The number of rotatable bonds is 5. The predicted molar refractivity (Wildman–Crippen MR) is 76.6 cm³/mol. The summed E-state index contributed by atoms with van der Waals surface area (Å²) in [6.45, 7) is -0.0930. The van der Waals surface area contributed by atoms with Crippen LogP contribution in [0.2, 0.25) is 5.02 Å². The molecule has 0 bridgehead atoms. The zero-order chi connectivity index (χ0) is 16.3. The number of carboxylic acids is 1. The van der Waals surface area contributed by atoms with Crippen molar-refractivity contribution in [3.8, 4) is 0 Å². The van der Waals surface area contributed by atoms with Gasteiger partial charge in [0.25, 0.3) is 0 Å². The van der Waals surface area contributed by atoms with Gasteiger partial charge in [0.1, 0.15) is 11.5 Å². The summed E-state index contributed by atoms with van der Waals surface area (Å²) >= 11 is 5.55. The van der Waals surface area contributed by atoms with Crippen molar-refractivity contribution in [1.29, 1.82) is 0 Å². The normalized spacial score (nSPS) is 11.4. The van der Waals surface area contributed by atoms with Crippen LogP contribution in [0.3, 0.4) is 0 Å². The monoisotopic (exact) mass is 344 g/mol. The van der Waals surface area contributed by atoms with Gasteiger partial charge in [0.15, 0.2) is 0 Å². The van der Waals surface area contributed by atoms with Gasteiger partial charge in [-0.05, 0) is 29.8 Å². The quantitative estimate of drug-likeness (QED) is 0.865. The van der Waals surface area contributed by atoms with Crippen LogP contribution >= 0.6 is 11.6 Å². The Kier molecular flexibility index (Phi) is 4.74. The van der Waals surface area contributed by atoms with E-state index in [1.165, 1.54) is 18.3 Å². The first kappa shape index (κ1) is 16.3. The average molecular weight is 345 g/mol. The first-order valence-corrected chi connectivity index (χ1v) is 7.78. The van der Waals surface area contributed by atoms with E-state index in [2.05, 4.69) is 9.71 Å². The van der Waals surface area contributed by atoms with E-state index >= 15 is 0 Å². The maximum absolute atomic E-state index is 13.0. The Balaban J connectivity index is 2.12. The van der Waals surface area contributed by atoms with Crippen molar-refractivity contribution in [3.05, 3.63) is 58.6 Å². The summed E-state index contributed by atoms with van der Waals surface area (Å²) < 4.78 is 39.4. The molecule has 2 rings (SSSR count). The van der Waals surface area contributed by atoms with Crippen LogP contribution in [0.15, 0.2) is 41.4 Å². The summed E-state index contributed by atoms with van der Waals surface area (Å²) in [5.41, 5.74) is 0.332. The van der Waals surface area contributed by atoms with Crippen LogP contribution in [0.4, 0.5) is 4.39 Å². The molecule has 2 aromatic rings. The standard InChI is InChI=1S/C13H10ClFN2O4S/c14-10-5-9(2-3-11(10)15)22(20,21)17-7-8-1-4-12(13(18)19)16-6-8/h1-6,17H,7H2,(H,18,19). The van der Waals surface area contributed by atoms with Crippen LogP contribution in [0.1, 0.15) is 16.1 Å². The number of hydrogen-bond acceptors (Lipinski definition) is 4. The highest BCUT2D eigenvalue weighted by Crippen LogP contribution is 2.19. The van der Waals surface area contributed by atoms with Gasteiger partial charge in [-0.15, -0.1) is 0 Å². The number of nitrogens with zero attached hydrogens (tertiary/aromatic N) is 1. The molecule has 0 fully saturated rings. The van der Waals surface area contributed by atoms with E-state index in [4.69, 9.17) is 16.7 Å². The molecule has 2 N–H and O–H groups in total. The Morgan fingerprint density at radius 1 is 1.32 bits per heavy atom. The number of nitrogens with one attached hydrogen (secondary N) is 1. The lowest BCUT2D eigenvalue weighted by Crippen LogP contribution is -2.23. The maximum atomic E-state index is 13.0. The predicted octanol–water partition coefficient (Wildman–Crippen LogP) is 2.05. The fraction of sp³-hybridized carbons (Fsp3) is 0.0769. The highest BCUT2D eigenvalue weighted by Gasteiger charge is 2.15. The number of aromatic carboxylic acids is 1. The fourth-order valence-electron chi connectivity index (χ4n) is 1.56. The van der Waals surface area contributed by atoms with Crippen LogP contribution in [-0.4, -0.2) is 24.5 Å². The first-order valence-electron chi connectivity index (χ1n) is 5.92. The van der Waals surface area contributed by atoms with Crippen molar-refractivity contribution in [2.24, 2.45) is 0 Å². The summed E-state index contributed by atoms with van der Waals surface area (Å²) in [7, 11) is -3.87. The fourth-order valence-corrected chi connectivity index (χ4v) is 2.85. The number of carbonyl (C=O) groups is 1. The molecule has 0 saturated heterocycles. The topological polar surface area (TPSA) is 96.4 Å². The summed E-state index contributed by atoms with van der Waals surface area (Å²) in [4.78, 5) is 14.2. The van der Waals surface area contributed by atoms with E-state index in [1.54, 1.807) is 0 Å². The third kappa shape index (κ3) is 3.79. The lowest BCUT2D eigenvalue weighted by molar-refractivity contribution is 0.0690. The zero-order valence-electron chi connectivity index (χ0n) is 11.0. The lowest BCUT2D eigenvalue weighted by Gasteiger charge is -2.07. The van der Waals surface area contributed by atoms with E-state index in [0.717, 1.165) is 18.2 Å². The molecule has 1 heterocycles. The average Bonchev–Trinajstić information content (AvgIpc) is 2.48. The van der Waals surface area contributed by atoms with Crippen molar-refractivity contribution in [1.82, 2.24) is 9.71 Å². The number of pyridine rings is 1. The molecular formula is C13H10ClFN2O4S. The molecule has 0 saturated carbocycles. The molecule has 22 heavy (non-hydrogen) atoms. The Hall–Kier alpha value is -2.03. The second-order valence-corrected chi connectivity index (χ2v) is 6.43. The molecule has 0 unspecified atom stereocenters. The number of aromatic nitrogens is 1. The van der Waals surface area contributed by atoms with Crippen molar-refractivity contribution in [3.63, 3.8) is 0 Å². The summed E-state index contributed by atoms with van der Waals surface area (Å²) in [5.74, 6) is -1.89. The largest absolute Gasteiger partial charge is 0.477 e. The second kappa shape index (κ2) is 6.39. The summed E-state index contributed by atoms with van der Waals surface area (Å²) in [5, 5.41) is 8.42. The highest BCUT2D eigenvalue weighted by molar-refractivity contribution is 7.89. The van der Waals surface area contributed by atoms with E-state index in [9.17, 15) is 17.6 Å². The van der Waals surface area contributed by atoms with Crippen LogP contribution in [0.5, 0.6) is 0 Å². The molecule has 6 nitrogen and oxygen atoms in total. The number of hydrogen-bond donors (Lipinski definition) is 2. The number of halogens is 2. The van der Waals surface area contributed by atoms with E-state index in [-0.39, 0.29) is 22.2 Å². The van der Waals surface area contributed by atoms with Gasteiger partial charge in [-0.25, -0.2) is 27.3 Å². The van der Waals surface area contributed by atoms with Gasteiger partial charge in [-0.3, -0.25) is 0 Å². The Labute approximate surface area is 130 Å². The molecule has 116 valence electrons. The maximum Gasteiger partial charge on any atom is 0.354 e. The summed E-state index contributed by atoms with van der Waals surface area (Å²) in [6, 6.07) is 5.76. The van der Waals surface area contributed by atoms with Gasteiger partial charge in [0.2, 0.25) is 10.0 Å². The third-order valence-corrected chi connectivity index (χ3v) is 4.40. The molecule has 0 spiro atoms. The Bertz CT molecular complexity index is 809. The molecule has 0 radical (unpaired) electrons. The molecule has 1 aromatic heterocycles. The zero-order valence-corrected chi connectivity index (χ0v) is 12.5. The molecular weight excluding hydrogens is 335 g/mol. The van der Waals surface area contributed by atoms with Gasteiger partial charge in [-0.1, -0.05) is 17.7 Å². The Morgan fingerprint density at radius 3 is 2.59 bits per heavy atom. The van der Waals surface area contributed by atoms with E-state index in [0.29, 0.717) is 5.56 Å². The van der Waals surface area contributed by atoms with Gasteiger partial charge >= 0.3 is 5.97 Å². The van der Waals surface area contributed by atoms with Gasteiger partial charge in [0, 0.05) is 12.7 Å². The smallest absolute Gasteiger partial charge is 0.354 e. The number of sulfonamides is 1. The van der Waals surface area contributed by atoms with Gasteiger partial charge < -0.3 is 5.11 Å². The van der Waals surface area contributed by atoms with E-state index < -0.39 is 21.8 Å². The SMILES string of the molecule is O=C(O)c1ccc(CNS(=O)(=O)c2ccc(F)c(Cl)c2)cn1. The third-order valence-electron chi connectivity index (χ3n) is 2.71. The minimum Gasteiger partial charge on any atom is -0.477 e. The van der Waals surface area contributed by atoms with E-state index in [1.807, 2.05) is 0 Å². The first-order chi connectivity index (χ1) is 10.3. The molecule has 0 amide bonds. The minimum atomic E-state index is -3.87. The van der Waals surface area contributed by atoms with Crippen molar-refractivity contribution in [2.75, 3.05) is 0 Å². The molecule has 0 aliphatic rings. The second-order valence-electron chi connectivity index (χ2n) is 4.26. The molecule has 9 heteroatoms. The van der Waals surface area contributed by atoms with Crippen molar-refractivity contribution < 1.29 is 22.7 Å².